The van der Waals surface area contributed by atoms with Gasteiger partial charge in [0.15, 0.2) is 5.11 Å². The molecule has 0 saturated carbocycles. The van der Waals surface area contributed by atoms with Gasteiger partial charge in [0, 0.05) is 17.3 Å². The van der Waals surface area contributed by atoms with Gasteiger partial charge in [-0.25, -0.2) is 0 Å². The predicted molar refractivity (Wildman–Crippen MR) is 129 cm³/mol. The number of amides is 2. The highest BCUT2D eigenvalue weighted by molar-refractivity contribution is 7.80. The molecule has 0 bridgehead atoms. The molecule has 0 fully saturated rings. The zero-order valence-corrected chi connectivity index (χ0v) is 18.9. The highest BCUT2D eigenvalue weighted by Crippen LogP contribution is 2.15. The Hall–Kier alpha value is -3.39. The quantitative estimate of drug-likeness (QED) is 0.260. The van der Waals surface area contributed by atoms with Gasteiger partial charge in [-0.3, -0.25) is 25.8 Å². The second-order valence-electron chi connectivity index (χ2n) is 7.39. The van der Waals surface area contributed by atoms with E-state index in [-0.39, 0.29) is 23.5 Å². The molecule has 0 spiro atoms. The van der Waals surface area contributed by atoms with Gasteiger partial charge in [0.25, 0.3) is 11.8 Å². The second-order valence-corrected chi connectivity index (χ2v) is 7.80. The number of aromatic nitrogens is 1. The largest absolute Gasteiger partial charge is 0.494 e. The fraction of sp³-hybridized carbons (Fsp3) is 0.292. The lowest BCUT2D eigenvalue weighted by Crippen LogP contribution is -2.49. The molecule has 0 aliphatic carbocycles. The molecule has 0 aliphatic rings. The first-order valence-electron chi connectivity index (χ1n) is 10.7. The Bertz CT molecular complexity index is 1060. The summed E-state index contributed by atoms with van der Waals surface area (Å²) in [6, 6.07) is 16.6. The number of hydrogen-bond donors (Lipinski definition) is 3. The highest BCUT2D eigenvalue weighted by Gasteiger charge is 2.10. The minimum Gasteiger partial charge on any atom is -0.494 e. The number of carbonyl (C=O) groups is 2. The van der Waals surface area contributed by atoms with Gasteiger partial charge in [0.05, 0.1) is 6.61 Å². The van der Waals surface area contributed by atoms with Crippen LogP contribution in [-0.4, -0.2) is 28.1 Å². The van der Waals surface area contributed by atoms with Crippen molar-refractivity contribution >= 4 is 40.0 Å². The summed E-state index contributed by atoms with van der Waals surface area (Å²) < 4.78 is 7.52. The van der Waals surface area contributed by atoms with Crippen molar-refractivity contribution in [3.8, 4) is 5.75 Å². The van der Waals surface area contributed by atoms with Crippen molar-refractivity contribution in [2.75, 3.05) is 6.61 Å². The molecule has 0 atom stereocenters. The third kappa shape index (κ3) is 6.81. The van der Waals surface area contributed by atoms with Gasteiger partial charge in [0.1, 0.15) is 12.3 Å². The molecule has 8 heteroatoms. The van der Waals surface area contributed by atoms with Crippen LogP contribution in [0.1, 0.15) is 43.0 Å². The Morgan fingerprint density at radius 3 is 2.53 bits per heavy atom. The van der Waals surface area contributed by atoms with Gasteiger partial charge in [-0.15, -0.1) is 0 Å². The summed E-state index contributed by atoms with van der Waals surface area (Å²) in [6.07, 6.45) is 6.42. The molecule has 3 aromatic rings. The van der Waals surface area contributed by atoms with E-state index < -0.39 is 0 Å². The van der Waals surface area contributed by atoms with Crippen LogP contribution < -0.4 is 20.9 Å². The molecule has 0 radical (unpaired) electrons. The number of nitrogens with one attached hydrogen (secondary N) is 3. The lowest BCUT2D eigenvalue weighted by atomic mass is 10.2. The Morgan fingerprint density at radius 1 is 0.969 bits per heavy atom. The van der Waals surface area contributed by atoms with Gasteiger partial charge >= 0.3 is 0 Å². The van der Waals surface area contributed by atoms with Crippen molar-refractivity contribution in [2.24, 2.45) is 0 Å². The van der Waals surface area contributed by atoms with Gasteiger partial charge in [0.2, 0.25) is 0 Å². The molecule has 2 amide bonds. The molecule has 0 saturated heterocycles. The van der Waals surface area contributed by atoms with E-state index in [1.807, 2.05) is 41.1 Å². The van der Waals surface area contributed by atoms with Crippen LogP contribution in [0.15, 0.2) is 60.8 Å². The first-order chi connectivity index (χ1) is 15.6. The molecule has 32 heavy (non-hydrogen) atoms. The maximum absolute atomic E-state index is 12.3. The number of hydrazine groups is 1. The van der Waals surface area contributed by atoms with E-state index in [1.165, 1.54) is 12.8 Å². The van der Waals surface area contributed by atoms with Crippen molar-refractivity contribution in [1.82, 2.24) is 20.7 Å². The summed E-state index contributed by atoms with van der Waals surface area (Å²) in [7, 11) is 0. The summed E-state index contributed by atoms with van der Waals surface area (Å²) in [5.74, 6) is 0.0644. The van der Waals surface area contributed by atoms with Gasteiger partial charge < -0.3 is 9.30 Å². The summed E-state index contributed by atoms with van der Waals surface area (Å²) in [5.41, 5.74) is 6.47. The number of para-hydroxylation sites is 1. The SMILES string of the molecule is CCCCCCOc1ccc(C(=O)NC(=S)NNC(=O)Cn2ccc3ccccc32)cc1. The molecule has 168 valence electrons. The Morgan fingerprint density at radius 2 is 1.75 bits per heavy atom. The zero-order valence-electron chi connectivity index (χ0n) is 18.1. The maximum Gasteiger partial charge on any atom is 0.258 e. The van der Waals surface area contributed by atoms with Crippen LogP contribution in [0.5, 0.6) is 5.75 Å². The number of rotatable bonds is 9. The number of ether oxygens (including phenoxy) is 1. The van der Waals surface area contributed by atoms with E-state index in [1.54, 1.807) is 24.3 Å². The summed E-state index contributed by atoms with van der Waals surface area (Å²) >= 11 is 5.10. The minimum atomic E-state index is -0.373. The normalized spacial score (nSPS) is 10.5. The van der Waals surface area contributed by atoms with Crippen molar-refractivity contribution in [1.29, 1.82) is 0 Å². The molecular formula is C24H28N4O3S. The molecule has 3 N–H and O–H groups in total. The van der Waals surface area contributed by atoms with Crippen molar-refractivity contribution in [3.05, 3.63) is 66.4 Å². The van der Waals surface area contributed by atoms with Crippen LogP contribution in [0.4, 0.5) is 0 Å². The fourth-order valence-corrected chi connectivity index (χ4v) is 3.37. The number of fused-ring (bicyclic) bond motifs is 1. The highest BCUT2D eigenvalue weighted by atomic mass is 32.1. The monoisotopic (exact) mass is 452 g/mol. The summed E-state index contributed by atoms with van der Waals surface area (Å²) in [6.45, 7) is 2.96. The van der Waals surface area contributed by atoms with E-state index in [4.69, 9.17) is 17.0 Å². The molecule has 0 unspecified atom stereocenters. The molecule has 0 aliphatic heterocycles. The number of unbranched alkanes of at least 4 members (excludes halogenated alkanes) is 3. The number of benzene rings is 2. The maximum atomic E-state index is 12.3. The number of nitrogens with zero attached hydrogens (tertiary/aromatic N) is 1. The first-order valence-corrected chi connectivity index (χ1v) is 11.1. The average molecular weight is 453 g/mol. The van der Waals surface area contributed by atoms with Crippen molar-refractivity contribution in [3.63, 3.8) is 0 Å². The Kier molecular flexibility index (Phi) is 8.62. The molecule has 1 heterocycles. The third-order valence-electron chi connectivity index (χ3n) is 4.92. The van der Waals surface area contributed by atoms with Crippen molar-refractivity contribution in [2.45, 2.75) is 39.2 Å². The minimum absolute atomic E-state index is 0.0111. The fourth-order valence-electron chi connectivity index (χ4n) is 3.23. The van der Waals surface area contributed by atoms with E-state index in [0.717, 1.165) is 29.5 Å². The third-order valence-corrected chi connectivity index (χ3v) is 5.12. The molecular weight excluding hydrogens is 424 g/mol. The molecule has 3 rings (SSSR count). The van der Waals surface area contributed by atoms with Crippen LogP contribution >= 0.6 is 12.2 Å². The molecule has 1 aromatic heterocycles. The van der Waals surface area contributed by atoms with Crippen LogP contribution in [0.2, 0.25) is 0 Å². The molecule has 2 aromatic carbocycles. The van der Waals surface area contributed by atoms with Crippen molar-refractivity contribution < 1.29 is 14.3 Å². The van der Waals surface area contributed by atoms with E-state index >= 15 is 0 Å². The van der Waals surface area contributed by atoms with Crippen LogP contribution in [0.25, 0.3) is 10.9 Å². The number of carbonyl (C=O) groups excluding carboxylic acids is 2. The first kappa shape index (κ1) is 23.3. The lowest BCUT2D eigenvalue weighted by molar-refractivity contribution is -0.122. The number of thiocarbonyl (C=S) groups is 1. The van der Waals surface area contributed by atoms with Gasteiger partial charge in [-0.2, -0.15) is 0 Å². The zero-order chi connectivity index (χ0) is 22.8. The van der Waals surface area contributed by atoms with Crippen LogP contribution in [-0.2, 0) is 11.3 Å². The summed E-state index contributed by atoms with van der Waals surface area (Å²) in [5, 5.41) is 3.62. The predicted octanol–water partition coefficient (Wildman–Crippen LogP) is 3.94. The lowest BCUT2D eigenvalue weighted by Gasteiger charge is -2.12. The molecule has 7 nitrogen and oxygen atoms in total. The van der Waals surface area contributed by atoms with E-state index in [2.05, 4.69) is 23.1 Å². The van der Waals surface area contributed by atoms with E-state index in [0.29, 0.717) is 12.2 Å². The standard InChI is InChI=1S/C24H28N4O3S/c1-2-3-4-7-16-31-20-12-10-19(11-13-20)23(30)25-24(32)27-26-22(29)17-28-15-14-18-8-5-6-9-21(18)28/h5-6,8-15H,2-4,7,16-17H2,1H3,(H,26,29)(H2,25,27,30,32). The Balaban J connectivity index is 1.40. The van der Waals surface area contributed by atoms with Crippen LogP contribution in [0, 0.1) is 0 Å². The summed E-state index contributed by atoms with van der Waals surface area (Å²) in [4.78, 5) is 24.6. The van der Waals surface area contributed by atoms with Gasteiger partial charge in [-0.1, -0.05) is 44.4 Å². The Labute approximate surface area is 193 Å². The van der Waals surface area contributed by atoms with Crippen LogP contribution in [0.3, 0.4) is 0 Å². The number of hydrogen-bond acceptors (Lipinski definition) is 4. The van der Waals surface area contributed by atoms with Gasteiger partial charge in [-0.05, 0) is 60.4 Å². The topological polar surface area (TPSA) is 84.4 Å². The second kappa shape index (κ2) is 11.9. The van der Waals surface area contributed by atoms with E-state index in [9.17, 15) is 9.59 Å². The average Bonchev–Trinajstić information content (AvgIpc) is 3.21. The smallest absolute Gasteiger partial charge is 0.258 e.